The Morgan fingerprint density at radius 2 is 2.23 bits per heavy atom. The molecule has 1 aliphatic rings. The monoisotopic (exact) mass is 321 g/mol. The lowest BCUT2D eigenvalue weighted by Gasteiger charge is -2.33. The van der Waals surface area contributed by atoms with Crippen LogP contribution in [0.3, 0.4) is 0 Å². The van der Waals surface area contributed by atoms with Gasteiger partial charge in [-0.2, -0.15) is 0 Å². The smallest absolute Gasteiger partial charge is 0.409 e. The average Bonchev–Trinajstić information content (AvgIpc) is 3.19. The van der Waals surface area contributed by atoms with Gasteiger partial charge in [0.1, 0.15) is 0 Å². The summed E-state index contributed by atoms with van der Waals surface area (Å²) in [5, 5.41) is 2.97. The number of nitrogens with zero attached hydrogens (tertiary/aromatic N) is 3. The minimum atomic E-state index is -0.212. The number of piperazine rings is 1. The molecule has 1 amide bonds. The van der Waals surface area contributed by atoms with Gasteiger partial charge in [-0.15, -0.1) is 11.3 Å². The van der Waals surface area contributed by atoms with Gasteiger partial charge in [-0.05, 0) is 19.1 Å². The molecule has 118 valence electrons. The van der Waals surface area contributed by atoms with Crippen LogP contribution in [0.1, 0.15) is 12.6 Å². The van der Waals surface area contributed by atoms with Crippen molar-refractivity contribution in [2.75, 3.05) is 32.8 Å². The minimum absolute atomic E-state index is 0.212. The fourth-order valence-corrected chi connectivity index (χ4v) is 3.20. The quantitative estimate of drug-likeness (QED) is 0.866. The normalized spacial score (nSPS) is 16.0. The third-order valence-corrected chi connectivity index (χ3v) is 4.47. The van der Waals surface area contributed by atoms with Gasteiger partial charge in [-0.25, -0.2) is 9.78 Å². The first-order chi connectivity index (χ1) is 10.8. The Kier molecular flexibility index (Phi) is 4.74. The molecule has 2 aromatic rings. The van der Waals surface area contributed by atoms with Gasteiger partial charge < -0.3 is 14.1 Å². The van der Waals surface area contributed by atoms with E-state index in [-0.39, 0.29) is 6.09 Å². The van der Waals surface area contributed by atoms with Crippen LogP contribution in [0.5, 0.6) is 0 Å². The summed E-state index contributed by atoms with van der Waals surface area (Å²) in [7, 11) is 0. The van der Waals surface area contributed by atoms with E-state index in [4.69, 9.17) is 9.15 Å². The molecule has 1 fully saturated rings. The third kappa shape index (κ3) is 3.48. The lowest BCUT2D eigenvalue weighted by molar-refractivity contribution is 0.0776. The molecule has 1 saturated heterocycles. The van der Waals surface area contributed by atoms with E-state index in [0.717, 1.165) is 36.1 Å². The molecule has 0 bridgehead atoms. The average molecular weight is 321 g/mol. The van der Waals surface area contributed by atoms with E-state index < -0.39 is 0 Å². The van der Waals surface area contributed by atoms with Crippen LogP contribution in [0.15, 0.2) is 28.2 Å². The number of thiazole rings is 1. The van der Waals surface area contributed by atoms with Crippen LogP contribution in [0, 0.1) is 0 Å². The summed E-state index contributed by atoms with van der Waals surface area (Å²) in [5.74, 6) is 0.809. The summed E-state index contributed by atoms with van der Waals surface area (Å²) in [6.07, 6.45) is 1.45. The van der Waals surface area contributed by atoms with E-state index in [1.165, 1.54) is 0 Å². The summed E-state index contributed by atoms with van der Waals surface area (Å²) in [5.41, 5.74) is 1.04. The summed E-state index contributed by atoms with van der Waals surface area (Å²) < 4.78 is 10.4. The second-order valence-corrected chi connectivity index (χ2v) is 5.94. The number of carbonyl (C=O) groups excluding carboxylic acids is 1. The number of rotatable bonds is 4. The lowest BCUT2D eigenvalue weighted by atomic mass is 10.3. The van der Waals surface area contributed by atoms with E-state index in [1.807, 2.05) is 19.1 Å². The molecular weight excluding hydrogens is 302 g/mol. The molecule has 0 unspecified atom stereocenters. The van der Waals surface area contributed by atoms with E-state index in [1.54, 1.807) is 22.5 Å². The maximum absolute atomic E-state index is 11.7. The van der Waals surface area contributed by atoms with Crippen LogP contribution in [0.4, 0.5) is 4.79 Å². The highest BCUT2D eigenvalue weighted by atomic mass is 32.1. The van der Waals surface area contributed by atoms with Gasteiger partial charge in [0.15, 0.2) is 10.8 Å². The van der Waals surface area contributed by atoms with Crippen molar-refractivity contribution in [1.82, 2.24) is 14.8 Å². The molecule has 2 aromatic heterocycles. The SMILES string of the molecule is CCOC(=O)N1CCN(Cc2csc(-c3ccco3)n2)CC1. The van der Waals surface area contributed by atoms with Gasteiger partial charge in [-0.3, -0.25) is 4.90 Å². The Bertz CT molecular complexity index is 603. The Balaban J connectivity index is 1.52. The Labute approximate surface area is 133 Å². The fourth-order valence-electron chi connectivity index (χ4n) is 2.43. The van der Waals surface area contributed by atoms with Gasteiger partial charge in [0, 0.05) is 38.1 Å². The number of hydrogen-bond acceptors (Lipinski definition) is 6. The van der Waals surface area contributed by atoms with Crippen molar-refractivity contribution in [3.63, 3.8) is 0 Å². The fraction of sp³-hybridized carbons (Fsp3) is 0.467. The first-order valence-electron chi connectivity index (χ1n) is 7.38. The van der Waals surface area contributed by atoms with Gasteiger partial charge in [0.05, 0.1) is 18.6 Å². The second kappa shape index (κ2) is 6.93. The number of furan rings is 1. The van der Waals surface area contributed by atoms with E-state index in [9.17, 15) is 4.79 Å². The summed E-state index contributed by atoms with van der Waals surface area (Å²) in [6, 6.07) is 3.78. The molecule has 0 saturated carbocycles. The zero-order valence-electron chi connectivity index (χ0n) is 12.5. The van der Waals surface area contributed by atoms with Crippen LogP contribution in [-0.2, 0) is 11.3 Å². The zero-order chi connectivity index (χ0) is 15.4. The Hall–Kier alpha value is -1.86. The lowest BCUT2D eigenvalue weighted by Crippen LogP contribution is -2.48. The van der Waals surface area contributed by atoms with Crippen molar-refractivity contribution in [3.05, 3.63) is 29.5 Å². The predicted molar refractivity (Wildman–Crippen MR) is 83.7 cm³/mol. The summed E-state index contributed by atoms with van der Waals surface area (Å²) >= 11 is 1.59. The van der Waals surface area contributed by atoms with E-state index >= 15 is 0 Å². The molecule has 0 spiro atoms. The maximum Gasteiger partial charge on any atom is 0.409 e. The van der Waals surface area contributed by atoms with Crippen LogP contribution in [-0.4, -0.2) is 53.7 Å². The topological polar surface area (TPSA) is 58.8 Å². The largest absolute Gasteiger partial charge is 0.462 e. The minimum Gasteiger partial charge on any atom is -0.462 e. The highest BCUT2D eigenvalue weighted by Gasteiger charge is 2.22. The molecule has 0 aliphatic carbocycles. The zero-order valence-corrected chi connectivity index (χ0v) is 13.3. The van der Waals surface area contributed by atoms with Crippen molar-refractivity contribution in [2.24, 2.45) is 0 Å². The van der Waals surface area contributed by atoms with Crippen LogP contribution in [0.25, 0.3) is 10.8 Å². The molecular formula is C15H19N3O3S. The predicted octanol–water partition coefficient (Wildman–Crippen LogP) is 2.68. The van der Waals surface area contributed by atoms with Crippen LogP contribution in [0.2, 0.25) is 0 Å². The molecule has 0 N–H and O–H groups in total. The van der Waals surface area contributed by atoms with Gasteiger partial charge in [-0.1, -0.05) is 0 Å². The van der Waals surface area contributed by atoms with Crippen LogP contribution >= 0.6 is 11.3 Å². The molecule has 1 aliphatic heterocycles. The second-order valence-electron chi connectivity index (χ2n) is 5.08. The van der Waals surface area contributed by atoms with Gasteiger partial charge >= 0.3 is 6.09 Å². The number of carbonyl (C=O) groups is 1. The molecule has 7 heteroatoms. The first kappa shape index (κ1) is 15.1. The Morgan fingerprint density at radius 3 is 2.91 bits per heavy atom. The van der Waals surface area contributed by atoms with Crippen molar-refractivity contribution in [3.8, 4) is 10.8 Å². The third-order valence-electron chi connectivity index (χ3n) is 3.57. The standard InChI is InChI=1S/C15H19N3O3S/c1-2-20-15(19)18-7-5-17(6-8-18)10-12-11-22-14(16-12)13-4-3-9-21-13/h3-4,9,11H,2,5-8,10H2,1H3. The molecule has 22 heavy (non-hydrogen) atoms. The highest BCUT2D eigenvalue weighted by Crippen LogP contribution is 2.24. The molecule has 3 rings (SSSR count). The summed E-state index contributed by atoms with van der Waals surface area (Å²) in [6.45, 7) is 6.13. The number of aromatic nitrogens is 1. The van der Waals surface area contributed by atoms with E-state index in [0.29, 0.717) is 19.7 Å². The summed E-state index contributed by atoms with van der Waals surface area (Å²) in [4.78, 5) is 20.3. The molecule has 0 atom stereocenters. The molecule has 0 radical (unpaired) electrons. The van der Waals surface area contributed by atoms with E-state index in [2.05, 4.69) is 15.3 Å². The van der Waals surface area contributed by atoms with Crippen molar-refractivity contribution >= 4 is 17.4 Å². The maximum atomic E-state index is 11.7. The Morgan fingerprint density at radius 1 is 1.41 bits per heavy atom. The van der Waals surface area contributed by atoms with Gasteiger partial charge in [0.25, 0.3) is 0 Å². The number of amides is 1. The first-order valence-corrected chi connectivity index (χ1v) is 8.26. The van der Waals surface area contributed by atoms with Crippen molar-refractivity contribution in [2.45, 2.75) is 13.5 Å². The molecule has 6 nitrogen and oxygen atoms in total. The van der Waals surface area contributed by atoms with Crippen LogP contribution < -0.4 is 0 Å². The molecule has 3 heterocycles. The van der Waals surface area contributed by atoms with Gasteiger partial charge in [0.2, 0.25) is 0 Å². The van der Waals surface area contributed by atoms with Crippen molar-refractivity contribution < 1.29 is 13.9 Å². The molecule has 0 aromatic carbocycles. The number of ether oxygens (including phenoxy) is 1. The highest BCUT2D eigenvalue weighted by molar-refractivity contribution is 7.13. The number of hydrogen-bond donors (Lipinski definition) is 0. The van der Waals surface area contributed by atoms with Crippen molar-refractivity contribution in [1.29, 1.82) is 0 Å².